The molecular weight excluding hydrogens is 274 g/mol. The van der Waals surface area contributed by atoms with E-state index in [-0.39, 0.29) is 11.8 Å². The van der Waals surface area contributed by atoms with Crippen molar-refractivity contribution in [1.29, 1.82) is 0 Å². The third kappa shape index (κ3) is 2.05. The Hall–Kier alpha value is -3.01. The van der Waals surface area contributed by atoms with Gasteiger partial charge in [-0.25, -0.2) is 0 Å². The minimum Gasteiger partial charge on any atom is -0.361 e. The van der Waals surface area contributed by atoms with Gasteiger partial charge >= 0.3 is 0 Å². The van der Waals surface area contributed by atoms with E-state index in [9.17, 15) is 4.79 Å². The number of aromatic nitrogens is 1. The molecule has 2 heterocycles. The number of hydrogen-bond donors (Lipinski definition) is 3. The van der Waals surface area contributed by atoms with E-state index >= 15 is 0 Å². The number of para-hydroxylation sites is 1. The lowest BCUT2D eigenvalue weighted by molar-refractivity contribution is -0.122. The van der Waals surface area contributed by atoms with Crippen LogP contribution in [-0.2, 0) is 4.79 Å². The highest BCUT2D eigenvalue weighted by Crippen LogP contribution is 2.30. The molecule has 4 nitrogen and oxygen atoms in total. The number of rotatable bonds is 2. The first-order chi connectivity index (χ1) is 10.8. The van der Waals surface area contributed by atoms with Gasteiger partial charge < -0.3 is 4.98 Å². The fourth-order valence-electron chi connectivity index (χ4n) is 2.86. The fraction of sp³-hybridized carbons (Fsp3) is 0.0556. The molecule has 1 atom stereocenters. The molecule has 108 valence electrons. The quantitative estimate of drug-likeness (QED) is 0.679. The summed E-state index contributed by atoms with van der Waals surface area (Å²) in [5.74, 6) is -0.364. The monoisotopic (exact) mass is 289 g/mol. The zero-order valence-corrected chi connectivity index (χ0v) is 11.8. The van der Waals surface area contributed by atoms with Crippen LogP contribution in [0.1, 0.15) is 17.0 Å². The molecule has 2 aromatic carbocycles. The first kappa shape index (κ1) is 12.7. The van der Waals surface area contributed by atoms with Crippen LogP contribution in [0, 0.1) is 0 Å². The number of aromatic amines is 1. The van der Waals surface area contributed by atoms with Gasteiger partial charge in [-0.15, -0.1) is 0 Å². The van der Waals surface area contributed by atoms with Crippen molar-refractivity contribution < 1.29 is 4.79 Å². The van der Waals surface area contributed by atoms with Gasteiger partial charge in [0.25, 0.3) is 0 Å². The number of nitrogens with one attached hydrogen (secondary N) is 3. The van der Waals surface area contributed by atoms with Gasteiger partial charge in [-0.05, 0) is 23.3 Å². The summed E-state index contributed by atoms with van der Waals surface area (Å²) in [6, 6.07) is 18.0. The maximum Gasteiger partial charge on any atom is 0.249 e. The lowest BCUT2D eigenvalue weighted by atomic mass is 9.94. The summed E-state index contributed by atoms with van der Waals surface area (Å²) in [5, 5.41) is 1.08. The average molecular weight is 289 g/mol. The number of H-pyrrole nitrogens is 1. The van der Waals surface area contributed by atoms with Gasteiger partial charge in [-0.2, -0.15) is 0 Å². The van der Waals surface area contributed by atoms with E-state index in [1.54, 1.807) is 0 Å². The Morgan fingerprint density at radius 3 is 2.50 bits per heavy atom. The van der Waals surface area contributed by atoms with Crippen LogP contribution in [0.5, 0.6) is 0 Å². The summed E-state index contributed by atoms with van der Waals surface area (Å²) in [6.07, 6.45) is 3.89. The Balaban J connectivity index is 1.81. The first-order valence-electron chi connectivity index (χ1n) is 7.22. The average Bonchev–Trinajstić information content (AvgIpc) is 3.00. The summed E-state index contributed by atoms with van der Waals surface area (Å²) in [7, 11) is 0. The smallest absolute Gasteiger partial charge is 0.249 e. The molecule has 0 radical (unpaired) electrons. The molecule has 1 aromatic heterocycles. The highest BCUT2D eigenvalue weighted by molar-refractivity contribution is 5.96. The number of carbonyl (C=O) groups is 1. The molecule has 3 aromatic rings. The van der Waals surface area contributed by atoms with Crippen molar-refractivity contribution in [2.45, 2.75) is 5.92 Å². The molecule has 1 amide bonds. The minimum atomic E-state index is -0.312. The largest absolute Gasteiger partial charge is 0.361 e. The molecule has 0 aliphatic carbocycles. The molecule has 1 aliphatic heterocycles. The molecule has 3 N–H and O–H groups in total. The van der Waals surface area contributed by atoms with Gasteiger partial charge in [0.2, 0.25) is 5.91 Å². The summed E-state index contributed by atoms with van der Waals surface area (Å²) in [4.78, 5) is 15.5. The Morgan fingerprint density at radius 1 is 0.864 bits per heavy atom. The van der Waals surface area contributed by atoms with Crippen LogP contribution in [0.2, 0.25) is 0 Å². The molecular formula is C18H15N3O. The van der Waals surface area contributed by atoms with E-state index in [0.29, 0.717) is 0 Å². The van der Waals surface area contributed by atoms with Gasteiger partial charge in [-0.3, -0.25) is 15.6 Å². The Kier molecular flexibility index (Phi) is 2.93. The normalized spacial score (nSPS) is 17.7. The van der Waals surface area contributed by atoms with Crippen LogP contribution in [-0.4, -0.2) is 10.9 Å². The molecule has 0 spiro atoms. The standard InChI is InChI=1S/C18H15N3O/c22-18-14(15-11-19-16-9-5-4-8-13(15)16)10-17(20-21-18)12-6-2-1-3-7-12/h1-11,14,19-20H,(H,21,22). The van der Waals surface area contributed by atoms with Crippen molar-refractivity contribution in [3.8, 4) is 0 Å². The highest BCUT2D eigenvalue weighted by atomic mass is 16.2. The zero-order valence-electron chi connectivity index (χ0n) is 11.8. The third-order valence-corrected chi connectivity index (χ3v) is 3.98. The predicted octanol–water partition coefficient (Wildman–Crippen LogP) is 2.93. The third-order valence-electron chi connectivity index (χ3n) is 3.98. The topological polar surface area (TPSA) is 56.9 Å². The maximum atomic E-state index is 12.3. The lowest BCUT2D eigenvalue weighted by Crippen LogP contribution is -2.42. The summed E-state index contributed by atoms with van der Waals surface area (Å²) >= 11 is 0. The molecule has 0 saturated heterocycles. The van der Waals surface area contributed by atoms with E-state index < -0.39 is 0 Å². The van der Waals surface area contributed by atoms with Gasteiger partial charge in [-0.1, -0.05) is 48.5 Å². The van der Waals surface area contributed by atoms with Crippen molar-refractivity contribution in [2.75, 3.05) is 0 Å². The van der Waals surface area contributed by atoms with Crippen LogP contribution in [0.4, 0.5) is 0 Å². The van der Waals surface area contributed by atoms with E-state index in [4.69, 9.17) is 0 Å². The molecule has 4 rings (SSSR count). The maximum absolute atomic E-state index is 12.3. The summed E-state index contributed by atoms with van der Waals surface area (Å²) in [5.41, 5.74) is 9.73. The summed E-state index contributed by atoms with van der Waals surface area (Å²) in [6.45, 7) is 0. The fourth-order valence-corrected chi connectivity index (χ4v) is 2.86. The molecule has 0 saturated carbocycles. The summed E-state index contributed by atoms with van der Waals surface area (Å²) < 4.78 is 0. The Bertz CT molecular complexity index is 864. The number of hydrogen-bond acceptors (Lipinski definition) is 2. The number of carbonyl (C=O) groups excluding carboxylic acids is 1. The Labute approximate surface area is 127 Å². The predicted molar refractivity (Wildman–Crippen MR) is 86.7 cm³/mol. The molecule has 22 heavy (non-hydrogen) atoms. The van der Waals surface area contributed by atoms with Crippen LogP contribution in [0.15, 0.2) is 66.9 Å². The second kappa shape index (κ2) is 5.07. The van der Waals surface area contributed by atoms with Crippen LogP contribution < -0.4 is 10.9 Å². The van der Waals surface area contributed by atoms with Crippen molar-refractivity contribution in [3.63, 3.8) is 0 Å². The zero-order chi connectivity index (χ0) is 14.9. The van der Waals surface area contributed by atoms with Crippen LogP contribution >= 0.6 is 0 Å². The molecule has 1 unspecified atom stereocenters. The minimum absolute atomic E-state index is 0.0514. The van der Waals surface area contributed by atoms with Crippen molar-refractivity contribution >= 4 is 22.5 Å². The second-order valence-electron chi connectivity index (χ2n) is 5.33. The van der Waals surface area contributed by atoms with E-state index in [1.165, 1.54) is 0 Å². The van der Waals surface area contributed by atoms with Crippen LogP contribution in [0.25, 0.3) is 16.6 Å². The second-order valence-corrected chi connectivity index (χ2v) is 5.33. The first-order valence-corrected chi connectivity index (χ1v) is 7.22. The van der Waals surface area contributed by atoms with Gasteiger partial charge in [0, 0.05) is 17.1 Å². The van der Waals surface area contributed by atoms with Crippen LogP contribution in [0.3, 0.4) is 0 Å². The molecule has 1 aliphatic rings. The van der Waals surface area contributed by atoms with Gasteiger partial charge in [0.1, 0.15) is 0 Å². The molecule has 0 bridgehead atoms. The van der Waals surface area contributed by atoms with E-state index in [0.717, 1.165) is 27.7 Å². The van der Waals surface area contributed by atoms with Gasteiger partial charge in [0.05, 0.1) is 11.6 Å². The SMILES string of the molecule is O=C1NNC(c2ccccc2)=CC1c1c[nH]c2ccccc12. The van der Waals surface area contributed by atoms with Crippen molar-refractivity contribution in [2.24, 2.45) is 0 Å². The van der Waals surface area contributed by atoms with E-state index in [1.807, 2.05) is 66.9 Å². The van der Waals surface area contributed by atoms with Crippen molar-refractivity contribution in [3.05, 3.63) is 78.0 Å². The lowest BCUT2D eigenvalue weighted by Gasteiger charge is -2.23. The number of hydrazine groups is 1. The molecule has 4 heteroatoms. The van der Waals surface area contributed by atoms with Crippen molar-refractivity contribution in [1.82, 2.24) is 15.8 Å². The Morgan fingerprint density at radius 2 is 1.64 bits per heavy atom. The number of fused-ring (bicyclic) bond motifs is 1. The number of benzene rings is 2. The molecule has 0 fully saturated rings. The van der Waals surface area contributed by atoms with E-state index in [2.05, 4.69) is 15.8 Å². The van der Waals surface area contributed by atoms with Gasteiger partial charge in [0.15, 0.2) is 0 Å². The number of amides is 1. The highest BCUT2D eigenvalue weighted by Gasteiger charge is 2.26.